The number of nitriles is 2. The van der Waals surface area contributed by atoms with Gasteiger partial charge in [0.15, 0.2) is 0 Å². The fourth-order valence-corrected chi connectivity index (χ4v) is 2.10. The lowest BCUT2D eigenvalue weighted by atomic mass is 10.1. The van der Waals surface area contributed by atoms with Crippen molar-refractivity contribution in [2.75, 3.05) is 5.43 Å². The third kappa shape index (κ3) is 2.95. The molecule has 0 unspecified atom stereocenters. The van der Waals surface area contributed by atoms with Gasteiger partial charge in [0.25, 0.3) is 0 Å². The summed E-state index contributed by atoms with van der Waals surface area (Å²) in [6.07, 6.45) is 0. The summed E-state index contributed by atoms with van der Waals surface area (Å²) in [5.74, 6) is 0. The van der Waals surface area contributed by atoms with Crippen molar-refractivity contribution < 1.29 is 0 Å². The average Bonchev–Trinajstić information content (AvgIpc) is 2.87. The van der Waals surface area contributed by atoms with E-state index in [1.165, 1.54) is 0 Å². The molecule has 0 fully saturated rings. The Morgan fingerprint density at radius 2 is 2.05 bits per heavy atom. The molecule has 1 heterocycles. The van der Waals surface area contributed by atoms with Crippen LogP contribution < -0.4 is 5.43 Å². The summed E-state index contributed by atoms with van der Waals surface area (Å²) in [5, 5.41) is 24.0. The standard InChI is InChI=1S/C13H9N5S/c1-9-16-13(8-19-9)11-4-2-3-5-12(11)18-17-10(6-14)7-15/h2-5,8,18H,1H3. The minimum absolute atomic E-state index is 0.218. The Balaban J connectivity index is 2.36. The van der Waals surface area contributed by atoms with Crippen molar-refractivity contribution in [3.05, 3.63) is 34.7 Å². The van der Waals surface area contributed by atoms with Crippen molar-refractivity contribution in [1.82, 2.24) is 4.98 Å². The third-order valence-corrected chi connectivity index (χ3v) is 3.10. The largest absolute Gasteiger partial charge is 0.276 e. The molecular formula is C13H9N5S. The summed E-state index contributed by atoms with van der Waals surface area (Å²) in [7, 11) is 0. The summed E-state index contributed by atoms with van der Waals surface area (Å²) in [6, 6.07) is 10.9. The second-order valence-electron chi connectivity index (χ2n) is 3.59. The topological polar surface area (TPSA) is 84.9 Å². The highest BCUT2D eigenvalue weighted by molar-refractivity contribution is 7.09. The van der Waals surface area contributed by atoms with E-state index >= 15 is 0 Å². The van der Waals surface area contributed by atoms with Gasteiger partial charge in [-0.3, -0.25) is 5.43 Å². The predicted molar refractivity (Wildman–Crippen MR) is 74.6 cm³/mol. The summed E-state index contributed by atoms with van der Waals surface area (Å²) < 4.78 is 0. The summed E-state index contributed by atoms with van der Waals surface area (Å²) in [6.45, 7) is 1.94. The predicted octanol–water partition coefficient (Wildman–Crippen LogP) is 2.93. The third-order valence-electron chi connectivity index (χ3n) is 2.32. The molecule has 1 N–H and O–H groups in total. The van der Waals surface area contributed by atoms with E-state index in [2.05, 4.69) is 15.5 Å². The first-order chi connectivity index (χ1) is 9.24. The molecule has 0 aliphatic carbocycles. The number of nitrogens with one attached hydrogen (secondary N) is 1. The minimum atomic E-state index is -0.218. The zero-order chi connectivity index (χ0) is 13.7. The van der Waals surface area contributed by atoms with Crippen LogP contribution in [0.4, 0.5) is 5.69 Å². The molecule has 0 saturated heterocycles. The molecule has 0 bridgehead atoms. The molecule has 0 spiro atoms. The van der Waals surface area contributed by atoms with Gasteiger partial charge >= 0.3 is 0 Å². The molecule has 2 aromatic rings. The number of hydrogen-bond acceptors (Lipinski definition) is 6. The highest BCUT2D eigenvalue weighted by Crippen LogP contribution is 2.28. The smallest absolute Gasteiger partial charge is 0.237 e. The van der Waals surface area contributed by atoms with Crippen molar-refractivity contribution in [3.63, 3.8) is 0 Å². The van der Waals surface area contributed by atoms with Gasteiger partial charge in [0.05, 0.1) is 16.4 Å². The van der Waals surface area contributed by atoms with Crippen LogP contribution in [-0.2, 0) is 0 Å². The summed E-state index contributed by atoms with van der Waals surface area (Å²) >= 11 is 1.56. The SMILES string of the molecule is Cc1nc(-c2ccccc2NN=C(C#N)C#N)cs1. The van der Waals surface area contributed by atoms with Gasteiger partial charge in [0.2, 0.25) is 5.71 Å². The maximum atomic E-state index is 8.64. The number of anilines is 1. The number of rotatable bonds is 3. The minimum Gasteiger partial charge on any atom is -0.276 e. The van der Waals surface area contributed by atoms with Gasteiger partial charge in [-0.1, -0.05) is 18.2 Å². The van der Waals surface area contributed by atoms with Crippen molar-refractivity contribution in [3.8, 4) is 23.4 Å². The molecule has 0 aliphatic rings. The Kier molecular flexibility index (Phi) is 3.87. The number of hydrazone groups is 1. The van der Waals surface area contributed by atoms with Gasteiger partial charge in [-0.25, -0.2) is 4.98 Å². The van der Waals surface area contributed by atoms with E-state index in [0.29, 0.717) is 5.69 Å². The quantitative estimate of drug-likeness (QED) is 0.684. The summed E-state index contributed by atoms with van der Waals surface area (Å²) in [5.41, 5.74) is 4.94. The number of nitrogens with zero attached hydrogens (tertiary/aromatic N) is 4. The van der Waals surface area contributed by atoms with E-state index in [4.69, 9.17) is 10.5 Å². The molecule has 1 aromatic heterocycles. The Labute approximate surface area is 114 Å². The molecule has 19 heavy (non-hydrogen) atoms. The van der Waals surface area contributed by atoms with E-state index in [1.54, 1.807) is 23.5 Å². The molecule has 1 aromatic carbocycles. The highest BCUT2D eigenvalue weighted by atomic mass is 32.1. The molecule has 0 atom stereocenters. The number of hydrogen-bond donors (Lipinski definition) is 1. The van der Waals surface area contributed by atoms with Crippen molar-refractivity contribution >= 4 is 22.7 Å². The lowest BCUT2D eigenvalue weighted by Crippen LogP contribution is -1.97. The lowest BCUT2D eigenvalue weighted by Gasteiger charge is -2.05. The van der Waals surface area contributed by atoms with Gasteiger partial charge in [0.1, 0.15) is 12.1 Å². The Morgan fingerprint density at radius 3 is 2.68 bits per heavy atom. The van der Waals surface area contributed by atoms with E-state index in [9.17, 15) is 0 Å². The van der Waals surface area contributed by atoms with Crippen LogP contribution in [0.15, 0.2) is 34.7 Å². The molecule has 6 heteroatoms. The van der Waals surface area contributed by atoms with Crippen LogP contribution in [-0.4, -0.2) is 10.7 Å². The van der Waals surface area contributed by atoms with Crippen molar-refractivity contribution in [1.29, 1.82) is 10.5 Å². The van der Waals surface area contributed by atoms with E-state index in [1.807, 2.05) is 36.6 Å². The summed E-state index contributed by atoms with van der Waals surface area (Å²) in [4.78, 5) is 4.41. The second-order valence-corrected chi connectivity index (χ2v) is 4.66. The van der Waals surface area contributed by atoms with E-state index in [-0.39, 0.29) is 5.71 Å². The highest BCUT2D eigenvalue weighted by Gasteiger charge is 2.07. The van der Waals surface area contributed by atoms with Crippen LogP contribution in [0.25, 0.3) is 11.3 Å². The number of aryl methyl sites for hydroxylation is 1. The van der Waals surface area contributed by atoms with Crippen molar-refractivity contribution in [2.45, 2.75) is 6.92 Å². The van der Waals surface area contributed by atoms with Crippen LogP contribution in [0.3, 0.4) is 0 Å². The fourth-order valence-electron chi connectivity index (χ4n) is 1.48. The zero-order valence-corrected chi connectivity index (χ0v) is 10.9. The maximum absolute atomic E-state index is 8.64. The molecule has 2 rings (SSSR count). The molecule has 0 saturated carbocycles. The van der Waals surface area contributed by atoms with Gasteiger partial charge in [-0.15, -0.1) is 11.3 Å². The van der Waals surface area contributed by atoms with E-state index in [0.717, 1.165) is 16.3 Å². The molecule has 5 nitrogen and oxygen atoms in total. The molecule has 92 valence electrons. The Morgan fingerprint density at radius 1 is 1.32 bits per heavy atom. The van der Waals surface area contributed by atoms with Gasteiger partial charge < -0.3 is 0 Å². The zero-order valence-electron chi connectivity index (χ0n) is 10.1. The first kappa shape index (κ1) is 12.7. The maximum Gasteiger partial charge on any atom is 0.237 e. The Bertz CT molecular complexity index is 686. The lowest BCUT2D eigenvalue weighted by molar-refractivity contribution is 1.28. The molecular weight excluding hydrogens is 258 g/mol. The average molecular weight is 267 g/mol. The molecule has 0 radical (unpaired) electrons. The van der Waals surface area contributed by atoms with Crippen LogP contribution in [0.1, 0.15) is 5.01 Å². The van der Waals surface area contributed by atoms with Crippen LogP contribution in [0.5, 0.6) is 0 Å². The number of benzene rings is 1. The molecule has 0 amide bonds. The fraction of sp³-hybridized carbons (Fsp3) is 0.0769. The normalized spacial score (nSPS) is 9.21. The van der Waals surface area contributed by atoms with Gasteiger partial charge in [-0.05, 0) is 13.0 Å². The number of para-hydroxylation sites is 1. The van der Waals surface area contributed by atoms with Crippen LogP contribution >= 0.6 is 11.3 Å². The first-order valence-electron chi connectivity index (χ1n) is 5.40. The van der Waals surface area contributed by atoms with Crippen LogP contribution in [0.2, 0.25) is 0 Å². The van der Waals surface area contributed by atoms with Crippen LogP contribution in [0, 0.1) is 29.6 Å². The number of aromatic nitrogens is 1. The van der Waals surface area contributed by atoms with Gasteiger partial charge in [-0.2, -0.15) is 15.6 Å². The monoisotopic (exact) mass is 267 g/mol. The first-order valence-corrected chi connectivity index (χ1v) is 6.28. The van der Waals surface area contributed by atoms with Gasteiger partial charge in [0, 0.05) is 10.9 Å². The number of thiazole rings is 1. The molecule has 0 aliphatic heterocycles. The van der Waals surface area contributed by atoms with E-state index < -0.39 is 0 Å². The van der Waals surface area contributed by atoms with Crippen molar-refractivity contribution in [2.24, 2.45) is 5.10 Å². The second kappa shape index (κ2) is 5.76. The Hall–Kier alpha value is -2.70.